The van der Waals surface area contributed by atoms with Crippen LogP contribution in [0.5, 0.6) is 0 Å². The Morgan fingerprint density at radius 1 is 1.14 bits per heavy atom. The van der Waals surface area contributed by atoms with Crippen molar-refractivity contribution in [1.82, 2.24) is 4.98 Å². The number of benzene rings is 1. The highest BCUT2D eigenvalue weighted by molar-refractivity contribution is 5.96. The molecular weight excluding hydrogens is 270 g/mol. The summed E-state index contributed by atoms with van der Waals surface area (Å²) in [4.78, 5) is 28.0. The smallest absolute Gasteiger partial charge is 0.320 e. The quantitative estimate of drug-likeness (QED) is 0.636. The van der Waals surface area contributed by atoms with Gasteiger partial charge in [-0.1, -0.05) is 18.2 Å². The van der Waals surface area contributed by atoms with Gasteiger partial charge in [0.2, 0.25) is 0 Å². The fourth-order valence-corrected chi connectivity index (χ4v) is 2.33. The number of pyridine rings is 1. The van der Waals surface area contributed by atoms with Crippen LogP contribution in [0.2, 0.25) is 0 Å². The number of carbonyl (C=O) groups excluding carboxylic acids is 2. The van der Waals surface area contributed by atoms with Crippen molar-refractivity contribution in [3.8, 4) is 0 Å². The van der Waals surface area contributed by atoms with Gasteiger partial charge in [0, 0.05) is 11.1 Å². The number of hydrogen-bond acceptors (Lipinski definition) is 5. The number of hydrogen-bond donors (Lipinski definition) is 0. The Kier molecular flexibility index (Phi) is 4.52. The first kappa shape index (κ1) is 15.0. The largest absolute Gasteiger partial charge is 0.468 e. The van der Waals surface area contributed by atoms with E-state index in [1.807, 2.05) is 37.3 Å². The van der Waals surface area contributed by atoms with E-state index in [0.29, 0.717) is 0 Å². The maximum atomic E-state index is 11.8. The van der Waals surface area contributed by atoms with Crippen molar-refractivity contribution < 1.29 is 19.1 Å². The third-order valence-corrected chi connectivity index (χ3v) is 3.33. The van der Waals surface area contributed by atoms with Crippen LogP contribution >= 0.6 is 0 Å². The molecule has 5 nitrogen and oxygen atoms in total. The van der Waals surface area contributed by atoms with Crippen molar-refractivity contribution in [2.75, 3.05) is 14.2 Å². The van der Waals surface area contributed by atoms with E-state index in [0.717, 1.165) is 22.2 Å². The van der Waals surface area contributed by atoms with E-state index in [-0.39, 0.29) is 6.42 Å². The van der Waals surface area contributed by atoms with Gasteiger partial charge < -0.3 is 9.47 Å². The maximum absolute atomic E-state index is 11.8. The van der Waals surface area contributed by atoms with Gasteiger partial charge in [-0.3, -0.25) is 14.6 Å². The van der Waals surface area contributed by atoms with Crippen LogP contribution in [0, 0.1) is 12.8 Å². The first-order valence-electron chi connectivity index (χ1n) is 6.57. The van der Waals surface area contributed by atoms with Crippen molar-refractivity contribution in [2.45, 2.75) is 13.3 Å². The lowest BCUT2D eigenvalue weighted by molar-refractivity contribution is -0.158. The number of aromatic nitrogens is 1. The first-order valence-corrected chi connectivity index (χ1v) is 6.57. The van der Waals surface area contributed by atoms with Crippen LogP contribution in [0.3, 0.4) is 0 Å². The van der Waals surface area contributed by atoms with Gasteiger partial charge in [0.05, 0.1) is 19.7 Å². The van der Waals surface area contributed by atoms with Gasteiger partial charge in [-0.05, 0) is 31.0 Å². The number of aryl methyl sites for hydroxylation is 1. The van der Waals surface area contributed by atoms with E-state index in [1.54, 1.807) is 0 Å². The standard InChI is InChI=1S/C16H17NO4/c1-10-8-11(12-6-4-5-7-14(12)17-10)9-13(15(18)20-2)16(19)21-3/h4-8,13H,9H2,1-3H3. The maximum Gasteiger partial charge on any atom is 0.320 e. The predicted octanol–water partition coefficient (Wildman–Crippen LogP) is 2.05. The summed E-state index contributed by atoms with van der Waals surface area (Å²) in [7, 11) is 2.52. The van der Waals surface area contributed by atoms with Gasteiger partial charge in [0.15, 0.2) is 5.92 Å². The fourth-order valence-electron chi connectivity index (χ4n) is 2.33. The molecule has 0 fully saturated rings. The lowest BCUT2D eigenvalue weighted by atomic mass is 9.96. The van der Waals surface area contributed by atoms with Gasteiger partial charge in [-0.25, -0.2) is 0 Å². The normalized spacial score (nSPS) is 10.7. The number of nitrogens with zero attached hydrogens (tertiary/aromatic N) is 1. The zero-order valence-corrected chi connectivity index (χ0v) is 12.3. The zero-order chi connectivity index (χ0) is 15.4. The molecule has 21 heavy (non-hydrogen) atoms. The Bertz CT molecular complexity index is 665. The van der Waals surface area contributed by atoms with E-state index in [1.165, 1.54) is 14.2 Å². The number of fused-ring (bicyclic) bond motifs is 1. The van der Waals surface area contributed by atoms with Crippen molar-refractivity contribution in [3.63, 3.8) is 0 Å². The third-order valence-electron chi connectivity index (χ3n) is 3.33. The molecule has 2 aromatic rings. The molecule has 0 saturated heterocycles. The second-order valence-electron chi connectivity index (χ2n) is 4.74. The number of para-hydroxylation sites is 1. The lowest BCUT2D eigenvalue weighted by Gasteiger charge is -2.14. The topological polar surface area (TPSA) is 65.5 Å². The van der Waals surface area contributed by atoms with Crippen LogP contribution in [0.15, 0.2) is 30.3 Å². The molecule has 1 aromatic heterocycles. The highest BCUT2D eigenvalue weighted by Gasteiger charge is 2.29. The molecular formula is C16H17NO4. The lowest BCUT2D eigenvalue weighted by Crippen LogP contribution is -2.28. The van der Waals surface area contributed by atoms with Gasteiger partial charge in [0.25, 0.3) is 0 Å². The molecule has 0 aliphatic rings. The summed E-state index contributed by atoms with van der Waals surface area (Å²) in [6.07, 6.45) is 0.225. The number of carbonyl (C=O) groups is 2. The molecule has 0 atom stereocenters. The van der Waals surface area contributed by atoms with Gasteiger partial charge in [0.1, 0.15) is 0 Å². The van der Waals surface area contributed by atoms with Crippen molar-refractivity contribution >= 4 is 22.8 Å². The SMILES string of the molecule is COC(=O)C(Cc1cc(C)nc2ccccc12)C(=O)OC. The molecule has 5 heteroatoms. The highest BCUT2D eigenvalue weighted by Crippen LogP contribution is 2.22. The summed E-state index contributed by atoms with van der Waals surface area (Å²) in [5.74, 6) is -2.16. The second-order valence-corrected chi connectivity index (χ2v) is 4.74. The van der Waals surface area contributed by atoms with Crippen LogP contribution in [-0.2, 0) is 25.5 Å². The van der Waals surface area contributed by atoms with Gasteiger partial charge in [-0.2, -0.15) is 0 Å². The molecule has 0 amide bonds. The average Bonchev–Trinajstić information content (AvgIpc) is 2.50. The molecule has 0 unspecified atom stereocenters. The molecule has 0 aliphatic carbocycles. The van der Waals surface area contributed by atoms with Crippen LogP contribution in [0.1, 0.15) is 11.3 Å². The van der Waals surface area contributed by atoms with Crippen LogP contribution < -0.4 is 0 Å². The molecule has 0 radical (unpaired) electrons. The first-order chi connectivity index (χ1) is 10.1. The van der Waals surface area contributed by atoms with E-state index < -0.39 is 17.9 Å². The highest BCUT2D eigenvalue weighted by atomic mass is 16.5. The van der Waals surface area contributed by atoms with E-state index >= 15 is 0 Å². The van der Waals surface area contributed by atoms with E-state index in [2.05, 4.69) is 4.98 Å². The molecule has 2 rings (SSSR count). The van der Waals surface area contributed by atoms with Gasteiger partial charge in [-0.15, -0.1) is 0 Å². The molecule has 1 aromatic carbocycles. The minimum absolute atomic E-state index is 0.225. The molecule has 0 N–H and O–H groups in total. The van der Waals surface area contributed by atoms with Crippen LogP contribution in [-0.4, -0.2) is 31.1 Å². The van der Waals surface area contributed by atoms with Crippen molar-refractivity contribution in [1.29, 1.82) is 0 Å². The Labute approximate surface area is 122 Å². The monoisotopic (exact) mass is 287 g/mol. The molecule has 0 spiro atoms. The van der Waals surface area contributed by atoms with Gasteiger partial charge >= 0.3 is 11.9 Å². The number of methoxy groups -OCH3 is 2. The van der Waals surface area contributed by atoms with E-state index in [9.17, 15) is 9.59 Å². The Balaban J connectivity index is 2.45. The summed E-state index contributed by atoms with van der Waals surface area (Å²) in [6, 6.07) is 9.49. The van der Waals surface area contributed by atoms with Crippen LogP contribution in [0.25, 0.3) is 10.9 Å². The summed E-state index contributed by atoms with van der Waals surface area (Å²) < 4.78 is 9.39. The number of rotatable bonds is 4. The zero-order valence-electron chi connectivity index (χ0n) is 12.3. The fraction of sp³-hybridized carbons (Fsp3) is 0.312. The number of ether oxygens (including phenoxy) is 2. The summed E-state index contributed by atoms with van der Waals surface area (Å²) in [5, 5.41) is 0.918. The Morgan fingerprint density at radius 3 is 2.38 bits per heavy atom. The molecule has 110 valence electrons. The molecule has 0 saturated carbocycles. The third kappa shape index (κ3) is 3.18. The molecule has 1 heterocycles. The minimum atomic E-state index is -0.967. The van der Waals surface area contributed by atoms with E-state index in [4.69, 9.17) is 9.47 Å². The summed E-state index contributed by atoms with van der Waals surface area (Å²) in [6.45, 7) is 1.88. The predicted molar refractivity (Wildman–Crippen MR) is 77.7 cm³/mol. The molecule has 0 aliphatic heterocycles. The Hall–Kier alpha value is -2.43. The average molecular weight is 287 g/mol. The second kappa shape index (κ2) is 6.35. The summed E-state index contributed by atoms with van der Waals surface area (Å²) >= 11 is 0. The molecule has 0 bridgehead atoms. The number of esters is 2. The van der Waals surface area contributed by atoms with Crippen molar-refractivity contribution in [2.24, 2.45) is 5.92 Å². The Morgan fingerprint density at radius 2 is 1.76 bits per heavy atom. The minimum Gasteiger partial charge on any atom is -0.468 e. The van der Waals surface area contributed by atoms with Crippen molar-refractivity contribution in [3.05, 3.63) is 41.6 Å². The summed E-state index contributed by atoms with van der Waals surface area (Å²) in [5.41, 5.74) is 2.54. The van der Waals surface area contributed by atoms with Crippen LogP contribution in [0.4, 0.5) is 0 Å².